The van der Waals surface area contributed by atoms with E-state index in [9.17, 15) is 0 Å². The molecule has 0 aromatic carbocycles. The Labute approximate surface area is 101 Å². The molecule has 2 aromatic rings. The van der Waals surface area contributed by atoms with Crippen LogP contribution < -0.4 is 11.3 Å². The molecule has 0 amide bonds. The highest BCUT2D eigenvalue weighted by atomic mass is 15.3. The first kappa shape index (κ1) is 11.8. The minimum atomic E-state index is 0.0404. The molecule has 1 atom stereocenters. The van der Waals surface area contributed by atoms with Gasteiger partial charge in [-0.3, -0.25) is 20.9 Å². The van der Waals surface area contributed by atoms with Crippen LogP contribution in [0.3, 0.4) is 0 Å². The third-order valence-corrected chi connectivity index (χ3v) is 2.84. The van der Waals surface area contributed by atoms with Crippen LogP contribution in [0.5, 0.6) is 0 Å². The number of hydrogen-bond donors (Lipinski definition) is 2. The van der Waals surface area contributed by atoms with Gasteiger partial charge in [-0.2, -0.15) is 5.10 Å². The van der Waals surface area contributed by atoms with Crippen molar-refractivity contribution in [1.82, 2.24) is 20.2 Å². The van der Waals surface area contributed by atoms with Gasteiger partial charge in [0.15, 0.2) is 0 Å². The van der Waals surface area contributed by atoms with E-state index in [-0.39, 0.29) is 6.04 Å². The second-order valence-corrected chi connectivity index (χ2v) is 4.14. The lowest BCUT2D eigenvalue weighted by molar-refractivity contribution is 0.537. The molecule has 2 aromatic heterocycles. The van der Waals surface area contributed by atoms with Gasteiger partial charge >= 0.3 is 0 Å². The summed E-state index contributed by atoms with van der Waals surface area (Å²) < 4.78 is 1.79. The van der Waals surface area contributed by atoms with Gasteiger partial charge in [0.2, 0.25) is 0 Å². The number of aromatic nitrogens is 3. The van der Waals surface area contributed by atoms with Crippen LogP contribution >= 0.6 is 0 Å². The van der Waals surface area contributed by atoms with Crippen LogP contribution in [0.4, 0.5) is 0 Å². The molecule has 0 fully saturated rings. The smallest absolute Gasteiger partial charge is 0.0643 e. The molecule has 0 aliphatic rings. The first-order valence-corrected chi connectivity index (χ1v) is 5.56. The Kier molecular flexibility index (Phi) is 3.51. The fourth-order valence-corrected chi connectivity index (χ4v) is 1.88. The highest BCUT2D eigenvalue weighted by Crippen LogP contribution is 2.19. The molecule has 0 aliphatic heterocycles. The van der Waals surface area contributed by atoms with Gasteiger partial charge in [0.1, 0.15) is 0 Å². The monoisotopic (exact) mass is 231 g/mol. The third kappa shape index (κ3) is 2.69. The van der Waals surface area contributed by atoms with E-state index in [2.05, 4.69) is 22.4 Å². The fourth-order valence-electron chi connectivity index (χ4n) is 1.88. The second kappa shape index (κ2) is 5.07. The van der Waals surface area contributed by atoms with Crippen molar-refractivity contribution in [3.63, 3.8) is 0 Å². The summed E-state index contributed by atoms with van der Waals surface area (Å²) in [4.78, 5) is 4.14. The second-order valence-electron chi connectivity index (χ2n) is 4.14. The Balaban J connectivity index is 2.20. The van der Waals surface area contributed by atoms with Crippen LogP contribution in [-0.2, 0) is 13.5 Å². The molecule has 1 unspecified atom stereocenters. The van der Waals surface area contributed by atoms with Crippen molar-refractivity contribution in [2.45, 2.75) is 19.4 Å². The Morgan fingerprint density at radius 2 is 2.29 bits per heavy atom. The molecule has 5 nitrogen and oxygen atoms in total. The largest absolute Gasteiger partial charge is 0.276 e. The van der Waals surface area contributed by atoms with Crippen molar-refractivity contribution in [1.29, 1.82) is 0 Å². The maximum Gasteiger partial charge on any atom is 0.0643 e. The summed E-state index contributed by atoms with van der Waals surface area (Å²) >= 11 is 0. The van der Waals surface area contributed by atoms with Crippen molar-refractivity contribution in [3.8, 4) is 0 Å². The molecule has 5 heteroatoms. The fraction of sp³-hybridized carbons (Fsp3) is 0.333. The van der Waals surface area contributed by atoms with E-state index in [1.165, 1.54) is 5.56 Å². The summed E-state index contributed by atoms with van der Waals surface area (Å²) in [7, 11) is 1.91. The summed E-state index contributed by atoms with van der Waals surface area (Å²) in [6, 6.07) is 4.02. The average Bonchev–Trinajstić information content (AvgIpc) is 2.73. The Morgan fingerprint density at radius 3 is 2.88 bits per heavy atom. The molecule has 0 saturated heterocycles. The number of aryl methyl sites for hydroxylation is 2. The minimum Gasteiger partial charge on any atom is -0.276 e. The quantitative estimate of drug-likeness (QED) is 0.605. The van der Waals surface area contributed by atoms with Crippen LogP contribution in [-0.4, -0.2) is 14.8 Å². The summed E-state index contributed by atoms with van der Waals surface area (Å²) in [5.74, 6) is 5.62. The number of hydrazine groups is 1. The molecule has 3 N–H and O–H groups in total. The van der Waals surface area contributed by atoms with E-state index in [4.69, 9.17) is 5.84 Å². The molecule has 0 saturated carbocycles. The highest BCUT2D eigenvalue weighted by Gasteiger charge is 2.14. The van der Waals surface area contributed by atoms with Crippen LogP contribution in [0.25, 0.3) is 0 Å². The third-order valence-electron chi connectivity index (χ3n) is 2.84. The van der Waals surface area contributed by atoms with Crippen LogP contribution in [0, 0.1) is 6.92 Å². The molecular formula is C12H17N5. The summed E-state index contributed by atoms with van der Waals surface area (Å²) in [6.45, 7) is 2.06. The SMILES string of the molecule is Cc1ccncc1C(Cc1ccn(C)n1)NN. The lowest BCUT2D eigenvalue weighted by atomic mass is 10.0. The number of nitrogens with zero attached hydrogens (tertiary/aromatic N) is 3. The molecule has 2 rings (SSSR count). The Hall–Kier alpha value is -1.72. The Bertz CT molecular complexity index is 491. The van der Waals surface area contributed by atoms with E-state index in [1.54, 1.807) is 10.9 Å². The highest BCUT2D eigenvalue weighted by molar-refractivity contribution is 5.26. The van der Waals surface area contributed by atoms with Crippen molar-refractivity contribution in [2.24, 2.45) is 12.9 Å². The van der Waals surface area contributed by atoms with E-state index in [1.807, 2.05) is 31.6 Å². The predicted octanol–water partition coefficient (Wildman–Crippen LogP) is 0.871. The van der Waals surface area contributed by atoms with Gasteiger partial charge in [-0.15, -0.1) is 0 Å². The van der Waals surface area contributed by atoms with Gasteiger partial charge in [0, 0.05) is 32.1 Å². The summed E-state index contributed by atoms with van der Waals surface area (Å²) in [5.41, 5.74) is 6.13. The number of nitrogens with one attached hydrogen (secondary N) is 1. The molecule has 0 spiro atoms. The van der Waals surface area contributed by atoms with Gasteiger partial charge in [-0.1, -0.05) is 0 Å². The number of hydrogen-bond acceptors (Lipinski definition) is 4. The van der Waals surface area contributed by atoms with Gasteiger partial charge in [-0.25, -0.2) is 0 Å². The zero-order valence-electron chi connectivity index (χ0n) is 10.1. The van der Waals surface area contributed by atoms with Gasteiger partial charge < -0.3 is 0 Å². The molecule has 0 aliphatic carbocycles. The molecule has 17 heavy (non-hydrogen) atoms. The first-order chi connectivity index (χ1) is 8.20. The van der Waals surface area contributed by atoms with E-state index in [0.29, 0.717) is 0 Å². The van der Waals surface area contributed by atoms with Crippen LogP contribution in [0.1, 0.15) is 22.9 Å². The lowest BCUT2D eigenvalue weighted by Crippen LogP contribution is -2.30. The molecule has 2 heterocycles. The number of nitrogens with two attached hydrogens (primary N) is 1. The van der Waals surface area contributed by atoms with E-state index in [0.717, 1.165) is 17.7 Å². The molecule has 0 radical (unpaired) electrons. The average molecular weight is 231 g/mol. The van der Waals surface area contributed by atoms with Gasteiger partial charge in [0.25, 0.3) is 0 Å². The van der Waals surface area contributed by atoms with Crippen molar-refractivity contribution in [3.05, 3.63) is 47.5 Å². The standard InChI is InChI=1S/C12H17N5/c1-9-3-5-14-8-11(9)12(15-13)7-10-4-6-17(2)16-10/h3-6,8,12,15H,7,13H2,1-2H3. The van der Waals surface area contributed by atoms with Crippen molar-refractivity contribution < 1.29 is 0 Å². The molecule has 90 valence electrons. The lowest BCUT2D eigenvalue weighted by Gasteiger charge is -2.16. The molecular weight excluding hydrogens is 214 g/mol. The van der Waals surface area contributed by atoms with Gasteiger partial charge in [0.05, 0.1) is 11.7 Å². The van der Waals surface area contributed by atoms with Crippen molar-refractivity contribution in [2.75, 3.05) is 0 Å². The maximum atomic E-state index is 5.62. The predicted molar refractivity (Wildman–Crippen MR) is 66.0 cm³/mol. The zero-order valence-corrected chi connectivity index (χ0v) is 10.1. The summed E-state index contributed by atoms with van der Waals surface area (Å²) in [5, 5.41) is 4.35. The van der Waals surface area contributed by atoms with E-state index < -0.39 is 0 Å². The molecule has 0 bridgehead atoms. The zero-order chi connectivity index (χ0) is 12.3. The van der Waals surface area contributed by atoms with Gasteiger partial charge in [-0.05, 0) is 30.2 Å². The topological polar surface area (TPSA) is 68.8 Å². The van der Waals surface area contributed by atoms with Crippen molar-refractivity contribution >= 4 is 0 Å². The first-order valence-electron chi connectivity index (χ1n) is 5.56. The maximum absolute atomic E-state index is 5.62. The summed E-state index contributed by atoms with van der Waals surface area (Å²) in [6.07, 6.45) is 6.32. The number of rotatable bonds is 4. The number of pyridine rings is 1. The van der Waals surface area contributed by atoms with E-state index >= 15 is 0 Å². The van der Waals surface area contributed by atoms with Crippen LogP contribution in [0.2, 0.25) is 0 Å². The normalized spacial score (nSPS) is 12.6. The minimum absolute atomic E-state index is 0.0404. The Morgan fingerprint density at radius 1 is 1.47 bits per heavy atom. The van der Waals surface area contributed by atoms with Crippen LogP contribution in [0.15, 0.2) is 30.7 Å².